The van der Waals surface area contributed by atoms with Crippen LogP contribution in [0.2, 0.25) is 0 Å². The first-order chi connectivity index (χ1) is 12.8. The van der Waals surface area contributed by atoms with Crippen molar-refractivity contribution in [3.63, 3.8) is 0 Å². The summed E-state index contributed by atoms with van der Waals surface area (Å²) < 4.78 is 45.5. The summed E-state index contributed by atoms with van der Waals surface area (Å²) in [5, 5.41) is -0.980. The van der Waals surface area contributed by atoms with Gasteiger partial charge in [-0.15, -0.1) is 11.3 Å². The van der Waals surface area contributed by atoms with Gasteiger partial charge in [0.05, 0.1) is 18.9 Å². The van der Waals surface area contributed by atoms with Crippen molar-refractivity contribution in [3.05, 3.63) is 40.2 Å². The number of halogens is 3. The Morgan fingerprint density at radius 3 is 2.30 bits per heavy atom. The molecule has 1 aliphatic carbocycles. The van der Waals surface area contributed by atoms with Crippen molar-refractivity contribution in [3.8, 4) is 11.3 Å². The van der Waals surface area contributed by atoms with Crippen molar-refractivity contribution in [2.75, 3.05) is 26.3 Å². The Kier molecular flexibility index (Phi) is 3.53. The van der Waals surface area contributed by atoms with Gasteiger partial charge in [0, 0.05) is 29.5 Å². The van der Waals surface area contributed by atoms with E-state index in [-0.39, 0.29) is 27.3 Å². The monoisotopic (exact) mass is 394 g/mol. The number of aromatic nitrogens is 1. The number of benzene rings is 1. The molecule has 1 aromatic carbocycles. The highest BCUT2D eigenvalue weighted by Gasteiger charge is 2.68. The van der Waals surface area contributed by atoms with E-state index in [1.165, 1.54) is 0 Å². The van der Waals surface area contributed by atoms with Gasteiger partial charge in [-0.1, -0.05) is 30.3 Å². The summed E-state index contributed by atoms with van der Waals surface area (Å²) in [6.45, 7) is 2.39. The van der Waals surface area contributed by atoms with E-state index in [1.54, 1.807) is 35.2 Å². The molecular formula is C19H17F3N2O2S. The van der Waals surface area contributed by atoms with Gasteiger partial charge in [-0.2, -0.15) is 13.2 Å². The summed E-state index contributed by atoms with van der Waals surface area (Å²) in [5.74, 6) is -0.350. The highest BCUT2D eigenvalue weighted by molar-refractivity contribution is 7.14. The number of amides is 1. The van der Waals surface area contributed by atoms with Gasteiger partial charge in [-0.05, 0) is 12.8 Å². The summed E-state index contributed by atoms with van der Waals surface area (Å²) in [4.78, 5) is 18.8. The van der Waals surface area contributed by atoms with Crippen molar-refractivity contribution >= 4 is 17.2 Å². The number of hydrogen-bond donors (Lipinski definition) is 0. The van der Waals surface area contributed by atoms with Crippen molar-refractivity contribution in [2.24, 2.45) is 10.8 Å². The fourth-order valence-corrected chi connectivity index (χ4v) is 5.68. The molecule has 3 aliphatic rings. The average Bonchev–Trinajstić information content (AvgIpc) is 3.21. The lowest BCUT2D eigenvalue weighted by Gasteiger charge is -2.47. The minimum atomic E-state index is -4.57. The molecule has 1 amide bonds. The normalized spacial score (nSPS) is 29.4. The zero-order valence-corrected chi connectivity index (χ0v) is 15.2. The molecule has 1 saturated carbocycles. The van der Waals surface area contributed by atoms with E-state index < -0.39 is 11.2 Å². The van der Waals surface area contributed by atoms with Gasteiger partial charge in [0.1, 0.15) is 4.88 Å². The Hall–Kier alpha value is -1.93. The maximum Gasteiger partial charge on any atom is 0.443 e. The Balaban J connectivity index is 1.53. The summed E-state index contributed by atoms with van der Waals surface area (Å²) in [6.07, 6.45) is -2.55. The number of nitrogens with zero attached hydrogens (tertiary/aromatic N) is 2. The number of thiazole rings is 1. The lowest BCUT2D eigenvalue weighted by atomic mass is 9.53. The number of ether oxygens (including phenoxy) is 1. The third kappa shape index (κ3) is 2.39. The second-order valence-corrected chi connectivity index (χ2v) is 8.77. The first-order valence-corrected chi connectivity index (χ1v) is 9.66. The van der Waals surface area contributed by atoms with Crippen LogP contribution in [0.1, 0.15) is 27.5 Å². The van der Waals surface area contributed by atoms with Crippen molar-refractivity contribution in [1.82, 2.24) is 9.88 Å². The second-order valence-electron chi connectivity index (χ2n) is 7.78. The quantitative estimate of drug-likeness (QED) is 0.771. The predicted molar refractivity (Wildman–Crippen MR) is 93.4 cm³/mol. The van der Waals surface area contributed by atoms with E-state index in [0.29, 0.717) is 43.2 Å². The minimum absolute atomic E-state index is 0.00683. The second kappa shape index (κ2) is 5.54. The zero-order valence-electron chi connectivity index (χ0n) is 14.4. The molecule has 2 aromatic rings. The molecule has 2 atom stereocenters. The van der Waals surface area contributed by atoms with Crippen LogP contribution in [0.5, 0.6) is 0 Å². The molecule has 2 saturated heterocycles. The van der Waals surface area contributed by atoms with E-state index in [4.69, 9.17) is 4.74 Å². The van der Waals surface area contributed by atoms with Gasteiger partial charge in [-0.3, -0.25) is 4.79 Å². The predicted octanol–water partition coefficient (Wildman–Crippen LogP) is 4.08. The number of carbonyl (C=O) groups excluding carboxylic acids is 1. The van der Waals surface area contributed by atoms with Crippen molar-refractivity contribution in [1.29, 1.82) is 0 Å². The summed E-state index contributed by atoms with van der Waals surface area (Å²) >= 11 is 0.444. The van der Waals surface area contributed by atoms with E-state index in [0.717, 1.165) is 12.8 Å². The van der Waals surface area contributed by atoms with Gasteiger partial charge in [0.15, 0.2) is 5.01 Å². The molecule has 5 rings (SSSR count). The molecule has 142 valence electrons. The van der Waals surface area contributed by atoms with Crippen LogP contribution in [-0.2, 0) is 10.9 Å². The van der Waals surface area contributed by atoms with Crippen LogP contribution >= 0.6 is 11.3 Å². The number of carbonyl (C=O) groups is 1. The van der Waals surface area contributed by atoms with Gasteiger partial charge in [-0.25, -0.2) is 4.98 Å². The zero-order chi connectivity index (χ0) is 18.9. The van der Waals surface area contributed by atoms with Crippen molar-refractivity contribution in [2.45, 2.75) is 19.0 Å². The Morgan fingerprint density at radius 1 is 1.11 bits per heavy atom. The topological polar surface area (TPSA) is 42.4 Å². The van der Waals surface area contributed by atoms with E-state index in [9.17, 15) is 18.0 Å². The van der Waals surface area contributed by atoms with Crippen LogP contribution in [0.15, 0.2) is 30.3 Å². The Labute approximate surface area is 158 Å². The highest BCUT2D eigenvalue weighted by Crippen LogP contribution is 2.65. The first kappa shape index (κ1) is 17.2. The van der Waals surface area contributed by atoms with Crippen LogP contribution in [0.3, 0.4) is 0 Å². The molecular weight excluding hydrogens is 377 g/mol. The molecule has 3 fully saturated rings. The fraction of sp³-hybridized carbons (Fsp3) is 0.474. The first-order valence-electron chi connectivity index (χ1n) is 8.84. The summed E-state index contributed by atoms with van der Waals surface area (Å²) in [6, 6.07) is 8.59. The number of hydrogen-bond acceptors (Lipinski definition) is 4. The van der Waals surface area contributed by atoms with Gasteiger partial charge < -0.3 is 9.64 Å². The molecule has 0 bridgehead atoms. The van der Waals surface area contributed by atoms with E-state index >= 15 is 0 Å². The van der Waals surface area contributed by atoms with Crippen molar-refractivity contribution < 1.29 is 22.7 Å². The Bertz CT molecular complexity index is 893. The molecule has 1 aromatic heterocycles. The number of alkyl halides is 3. The van der Waals surface area contributed by atoms with Crippen LogP contribution in [0.4, 0.5) is 13.2 Å². The average molecular weight is 394 g/mol. The van der Waals surface area contributed by atoms with Gasteiger partial charge in [0.25, 0.3) is 5.91 Å². The van der Waals surface area contributed by atoms with E-state index in [2.05, 4.69) is 4.98 Å². The van der Waals surface area contributed by atoms with E-state index in [1.807, 2.05) is 0 Å². The van der Waals surface area contributed by atoms with Crippen LogP contribution in [-0.4, -0.2) is 42.1 Å². The molecule has 4 nitrogen and oxygen atoms in total. The number of rotatable bonds is 2. The third-order valence-electron chi connectivity index (χ3n) is 6.35. The fourth-order valence-electron chi connectivity index (χ4n) is 4.76. The number of likely N-dealkylation sites (tertiary alicyclic amines) is 1. The highest BCUT2D eigenvalue weighted by atomic mass is 32.1. The molecule has 8 heteroatoms. The molecule has 0 radical (unpaired) electrons. The maximum atomic E-state index is 13.3. The molecule has 3 heterocycles. The van der Waals surface area contributed by atoms with Crippen LogP contribution in [0, 0.1) is 10.8 Å². The maximum absolute atomic E-state index is 13.3. The van der Waals surface area contributed by atoms with Crippen LogP contribution < -0.4 is 0 Å². The lowest BCUT2D eigenvalue weighted by Crippen LogP contribution is -2.49. The molecule has 0 N–H and O–H groups in total. The molecule has 27 heavy (non-hydrogen) atoms. The third-order valence-corrected chi connectivity index (χ3v) is 7.44. The van der Waals surface area contributed by atoms with Crippen LogP contribution in [0.25, 0.3) is 11.3 Å². The Morgan fingerprint density at radius 2 is 1.74 bits per heavy atom. The smallest absolute Gasteiger partial charge is 0.380 e. The molecule has 2 unspecified atom stereocenters. The summed E-state index contributed by atoms with van der Waals surface area (Å²) in [5.41, 5.74) is 0.628. The standard InChI is InChI=1S/C19H17F3N2O2S/c20-19(21,22)16-23-13(12-4-2-1-3-5-12)14(27-16)15(25)24-8-17-6-7-18(17,9-24)11-26-10-17/h1-5H,6-11H2. The SMILES string of the molecule is O=C(c1sc(C(F)(F)F)nc1-c1ccccc1)N1CC23CCC2(COC3)C1. The molecule has 2 aliphatic heterocycles. The molecule has 0 spiro atoms. The van der Waals surface area contributed by atoms with Gasteiger partial charge in [0.2, 0.25) is 0 Å². The largest absolute Gasteiger partial charge is 0.443 e. The minimum Gasteiger partial charge on any atom is -0.380 e. The lowest BCUT2D eigenvalue weighted by molar-refractivity contribution is -0.137. The summed E-state index contributed by atoms with van der Waals surface area (Å²) in [7, 11) is 0. The van der Waals surface area contributed by atoms with Gasteiger partial charge >= 0.3 is 6.18 Å².